The summed E-state index contributed by atoms with van der Waals surface area (Å²) < 4.78 is 8.12. The number of rotatable bonds is 6. The van der Waals surface area contributed by atoms with E-state index in [4.69, 9.17) is 4.74 Å². The summed E-state index contributed by atoms with van der Waals surface area (Å²) in [6.07, 6.45) is 1.60. The molecule has 136 valence electrons. The summed E-state index contributed by atoms with van der Waals surface area (Å²) >= 11 is 1.49. The molecule has 1 fully saturated rings. The molecule has 2 aromatic carbocycles. The monoisotopic (exact) mass is 379 g/mol. The van der Waals surface area contributed by atoms with Crippen molar-refractivity contribution in [1.29, 1.82) is 0 Å². The number of hydrogen-bond acceptors (Lipinski definition) is 6. The number of carbonyl (C=O) groups is 2. The number of carbonyl (C=O) groups excluding carboxylic acids is 2. The Morgan fingerprint density at radius 3 is 2.70 bits per heavy atom. The lowest BCUT2D eigenvalue weighted by molar-refractivity contribution is -0.139. The number of ether oxygens (including phenoxy) is 1. The molecule has 0 radical (unpaired) electrons. The molecule has 1 aliphatic heterocycles. The van der Waals surface area contributed by atoms with E-state index in [-0.39, 0.29) is 12.0 Å². The largest absolute Gasteiger partial charge is 0.461 e. The summed E-state index contributed by atoms with van der Waals surface area (Å²) in [5.74, 6) is -0.0572. The number of amides is 1. The predicted molar refractivity (Wildman–Crippen MR) is 105 cm³/mol. The van der Waals surface area contributed by atoms with Crippen molar-refractivity contribution in [1.82, 2.24) is 9.88 Å². The van der Waals surface area contributed by atoms with Crippen molar-refractivity contribution >= 4 is 40.9 Å². The van der Waals surface area contributed by atoms with Crippen LogP contribution in [0.5, 0.6) is 0 Å². The molecule has 7 heteroatoms. The lowest BCUT2D eigenvalue weighted by atomic mass is 10.1. The molecule has 1 N–H and O–H groups in total. The average molecular weight is 379 g/mol. The summed E-state index contributed by atoms with van der Waals surface area (Å²) in [5.41, 5.74) is 2.46. The number of benzene rings is 2. The van der Waals surface area contributed by atoms with Crippen LogP contribution in [0.3, 0.4) is 0 Å². The minimum absolute atomic E-state index is 0.0572. The molecule has 27 heavy (non-hydrogen) atoms. The van der Waals surface area contributed by atoms with Crippen molar-refractivity contribution in [3.63, 3.8) is 0 Å². The van der Waals surface area contributed by atoms with Crippen molar-refractivity contribution in [2.24, 2.45) is 0 Å². The van der Waals surface area contributed by atoms with Crippen molar-refractivity contribution in [3.8, 4) is 0 Å². The predicted octanol–water partition coefficient (Wildman–Crippen LogP) is 3.35. The van der Waals surface area contributed by atoms with Crippen LogP contribution in [-0.2, 0) is 9.53 Å². The first kappa shape index (κ1) is 17.4. The molecule has 3 aromatic rings. The first-order valence-electron chi connectivity index (χ1n) is 8.49. The van der Waals surface area contributed by atoms with Crippen LogP contribution < -0.4 is 4.72 Å². The fraction of sp³-hybridized carbons (Fsp3) is 0.150. The number of aromatic nitrogens is 1. The molecule has 0 unspecified atom stereocenters. The molecule has 1 saturated heterocycles. The van der Waals surface area contributed by atoms with Gasteiger partial charge in [-0.1, -0.05) is 18.2 Å². The number of nitrogens with one attached hydrogen (secondary N) is 1. The fourth-order valence-electron chi connectivity index (χ4n) is 2.90. The lowest BCUT2D eigenvalue weighted by Crippen LogP contribution is -2.54. The summed E-state index contributed by atoms with van der Waals surface area (Å²) in [7, 11) is 0. The molecular weight excluding hydrogens is 362 g/mol. The average Bonchev–Trinajstić information content (AvgIpc) is 2.68. The van der Waals surface area contributed by atoms with Crippen LogP contribution in [0.4, 0.5) is 5.69 Å². The summed E-state index contributed by atoms with van der Waals surface area (Å²) in [6, 6.07) is 17.3. The third kappa shape index (κ3) is 3.73. The van der Waals surface area contributed by atoms with E-state index >= 15 is 0 Å². The number of anilines is 1. The normalized spacial score (nSPS) is 13.9. The fourth-order valence-corrected chi connectivity index (χ4v) is 3.68. The maximum Gasteiger partial charge on any atom is 0.293 e. The Morgan fingerprint density at radius 2 is 1.93 bits per heavy atom. The van der Waals surface area contributed by atoms with Crippen LogP contribution in [0.25, 0.3) is 10.9 Å². The van der Waals surface area contributed by atoms with Gasteiger partial charge in [-0.25, -0.2) is 0 Å². The second-order valence-electron chi connectivity index (χ2n) is 6.18. The Hall–Kier alpha value is -3.06. The Labute approximate surface area is 160 Å². The van der Waals surface area contributed by atoms with Crippen LogP contribution in [0.15, 0.2) is 65.7 Å². The smallest absolute Gasteiger partial charge is 0.293 e. The minimum Gasteiger partial charge on any atom is -0.461 e. The molecule has 1 amide bonds. The second kappa shape index (κ2) is 7.67. The van der Waals surface area contributed by atoms with E-state index in [1.165, 1.54) is 11.9 Å². The van der Waals surface area contributed by atoms with Crippen LogP contribution in [0.1, 0.15) is 10.4 Å². The van der Waals surface area contributed by atoms with E-state index in [0.29, 0.717) is 25.1 Å². The zero-order valence-corrected chi connectivity index (χ0v) is 15.2. The molecule has 0 atom stereocenters. The quantitative estimate of drug-likeness (QED) is 0.523. The van der Waals surface area contributed by atoms with Gasteiger partial charge in [0.15, 0.2) is 0 Å². The number of fused-ring (bicyclic) bond motifs is 1. The molecule has 2 heterocycles. The van der Waals surface area contributed by atoms with Gasteiger partial charge >= 0.3 is 0 Å². The maximum absolute atomic E-state index is 12.4. The molecule has 0 bridgehead atoms. The Balaban J connectivity index is 1.38. The van der Waals surface area contributed by atoms with E-state index < -0.39 is 0 Å². The molecule has 0 saturated carbocycles. The highest BCUT2D eigenvalue weighted by Crippen LogP contribution is 2.27. The zero-order valence-electron chi connectivity index (χ0n) is 14.4. The van der Waals surface area contributed by atoms with E-state index in [2.05, 4.69) is 9.71 Å². The molecule has 6 nitrogen and oxygen atoms in total. The highest BCUT2D eigenvalue weighted by atomic mass is 32.2. The Morgan fingerprint density at radius 1 is 1.15 bits per heavy atom. The van der Waals surface area contributed by atoms with Gasteiger partial charge in [0.25, 0.3) is 12.4 Å². The highest BCUT2D eigenvalue weighted by Gasteiger charge is 2.32. The maximum atomic E-state index is 12.4. The van der Waals surface area contributed by atoms with Gasteiger partial charge in [-0.05, 0) is 48.3 Å². The summed E-state index contributed by atoms with van der Waals surface area (Å²) in [5, 5.41) is 1.09. The van der Waals surface area contributed by atoms with Crippen molar-refractivity contribution in [2.75, 3.05) is 17.8 Å². The number of hydrogen-bond donors (Lipinski definition) is 1. The van der Waals surface area contributed by atoms with Gasteiger partial charge in [-0.15, -0.1) is 0 Å². The van der Waals surface area contributed by atoms with E-state index in [1.807, 2.05) is 42.5 Å². The Bertz CT molecular complexity index is 966. The molecular formula is C20H17N3O3S. The van der Waals surface area contributed by atoms with Crippen molar-refractivity contribution in [2.45, 2.75) is 11.0 Å². The van der Waals surface area contributed by atoms with E-state index in [0.717, 1.165) is 21.5 Å². The van der Waals surface area contributed by atoms with Gasteiger partial charge in [0, 0.05) is 22.8 Å². The van der Waals surface area contributed by atoms with Crippen LogP contribution in [-0.4, -0.2) is 41.5 Å². The lowest BCUT2D eigenvalue weighted by Gasteiger charge is -2.37. The second-order valence-corrected chi connectivity index (χ2v) is 7.03. The molecule has 4 rings (SSSR count). The van der Waals surface area contributed by atoms with Crippen LogP contribution >= 0.6 is 11.9 Å². The first-order valence-corrected chi connectivity index (χ1v) is 9.31. The first-order chi connectivity index (χ1) is 13.2. The van der Waals surface area contributed by atoms with Crippen LogP contribution in [0.2, 0.25) is 0 Å². The number of likely N-dealkylation sites (tertiary alicyclic amines) is 1. The zero-order chi connectivity index (χ0) is 18.6. The van der Waals surface area contributed by atoms with Gasteiger partial charge in [0.2, 0.25) is 0 Å². The molecule has 1 aromatic heterocycles. The van der Waals surface area contributed by atoms with Crippen molar-refractivity contribution < 1.29 is 14.3 Å². The van der Waals surface area contributed by atoms with Gasteiger partial charge < -0.3 is 14.4 Å². The molecule has 1 aliphatic rings. The van der Waals surface area contributed by atoms with Gasteiger partial charge in [-0.3, -0.25) is 14.6 Å². The molecule has 0 aliphatic carbocycles. The van der Waals surface area contributed by atoms with E-state index in [1.54, 1.807) is 23.2 Å². The van der Waals surface area contributed by atoms with Gasteiger partial charge in [0.1, 0.15) is 6.10 Å². The summed E-state index contributed by atoms with van der Waals surface area (Å²) in [4.78, 5) is 29.8. The SMILES string of the molecule is O=COC1CN(C(=O)c2ccc(NSc3cccc4cccnc34)cc2)C1. The standard InChI is InChI=1S/C20H17N3O3S/c24-13-26-17-11-23(12-17)20(25)15-6-8-16(9-7-15)22-27-18-5-1-3-14-4-2-10-21-19(14)18/h1-10,13,17,22H,11-12H2. The molecule has 0 spiro atoms. The summed E-state index contributed by atoms with van der Waals surface area (Å²) in [6.45, 7) is 1.32. The van der Waals surface area contributed by atoms with Crippen molar-refractivity contribution in [3.05, 3.63) is 66.4 Å². The third-order valence-corrected chi connectivity index (χ3v) is 5.28. The number of para-hydroxylation sites is 1. The number of pyridine rings is 1. The van der Waals surface area contributed by atoms with Crippen LogP contribution in [0, 0.1) is 0 Å². The van der Waals surface area contributed by atoms with Gasteiger partial charge in [0.05, 0.1) is 23.5 Å². The topological polar surface area (TPSA) is 71.5 Å². The third-order valence-electron chi connectivity index (χ3n) is 4.39. The Kier molecular flexibility index (Phi) is 4.93. The minimum atomic E-state index is -0.182. The number of nitrogens with zero attached hydrogens (tertiary/aromatic N) is 2. The highest BCUT2D eigenvalue weighted by molar-refractivity contribution is 8.00. The van der Waals surface area contributed by atoms with Gasteiger partial charge in [-0.2, -0.15) is 0 Å². The van der Waals surface area contributed by atoms with E-state index in [9.17, 15) is 9.59 Å².